The molecule has 0 unspecified atom stereocenters. The first-order valence-electron chi connectivity index (χ1n) is 8.26. The Morgan fingerprint density at radius 2 is 2.04 bits per heavy atom. The van der Waals surface area contributed by atoms with E-state index >= 15 is 0 Å². The van der Waals surface area contributed by atoms with Gasteiger partial charge in [0, 0.05) is 29.1 Å². The molecule has 0 fully saturated rings. The molecular formula is C17H21N7OS. The van der Waals surface area contributed by atoms with Gasteiger partial charge in [0.1, 0.15) is 11.5 Å². The van der Waals surface area contributed by atoms with Crippen LogP contribution in [-0.2, 0) is 0 Å². The molecule has 0 aliphatic heterocycles. The zero-order valence-electron chi connectivity index (χ0n) is 15.4. The molecule has 0 atom stereocenters. The van der Waals surface area contributed by atoms with Crippen LogP contribution in [0.25, 0.3) is 5.82 Å². The highest BCUT2D eigenvalue weighted by molar-refractivity contribution is 7.71. The molecule has 0 aliphatic carbocycles. The lowest BCUT2D eigenvalue weighted by atomic mass is 10.3. The van der Waals surface area contributed by atoms with Crippen LogP contribution in [0.2, 0.25) is 0 Å². The van der Waals surface area contributed by atoms with Crippen molar-refractivity contribution in [2.24, 2.45) is 5.10 Å². The lowest BCUT2D eigenvalue weighted by Gasteiger charge is -2.14. The quantitative estimate of drug-likeness (QED) is 0.564. The molecule has 1 N–H and O–H groups in total. The normalized spacial score (nSPS) is 11.8. The van der Waals surface area contributed by atoms with Gasteiger partial charge in [-0.2, -0.15) is 20.0 Å². The second kappa shape index (κ2) is 6.83. The lowest BCUT2D eigenvalue weighted by Crippen LogP contribution is -2.22. The van der Waals surface area contributed by atoms with Crippen LogP contribution in [0.15, 0.2) is 28.2 Å². The van der Waals surface area contributed by atoms with Crippen molar-refractivity contribution < 1.29 is 0 Å². The molecule has 3 aromatic rings. The number of nitrogens with one attached hydrogen (secondary N) is 1. The van der Waals surface area contributed by atoms with Crippen molar-refractivity contribution in [3.8, 4) is 5.82 Å². The summed E-state index contributed by atoms with van der Waals surface area (Å²) < 4.78 is 5.38. The number of aryl methyl sites for hydroxylation is 2. The van der Waals surface area contributed by atoms with Gasteiger partial charge in [-0.3, -0.25) is 9.89 Å². The highest BCUT2D eigenvalue weighted by atomic mass is 32.1. The molecule has 8 nitrogen and oxygen atoms in total. The van der Waals surface area contributed by atoms with Crippen molar-refractivity contribution in [2.75, 3.05) is 0 Å². The first-order valence-corrected chi connectivity index (χ1v) is 8.67. The predicted octanol–water partition coefficient (Wildman–Crippen LogP) is 2.68. The molecule has 3 rings (SSSR count). The average Bonchev–Trinajstić information content (AvgIpc) is 3.16. The standard InChI is InChI=1S/C17H21N7OS/c1-10(2)23-15(6-7-18-23)22-11(3)8-14(13(22)5)9-19-24-16(25)12(4)20-21-17(24)26/h6-10H,1-5H3,(H,21,26)/b19-9-. The van der Waals surface area contributed by atoms with Crippen molar-refractivity contribution in [2.45, 2.75) is 40.7 Å². The van der Waals surface area contributed by atoms with E-state index in [0.29, 0.717) is 5.69 Å². The summed E-state index contributed by atoms with van der Waals surface area (Å²) in [5, 5.41) is 15.1. The van der Waals surface area contributed by atoms with Crippen LogP contribution in [0.4, 0.5) is 0 Å². The van der Waals surface area contributed by atoms with Gasteiger partial charge in [0.15, 0.2) is 0 Å². The number of rotatable bonds is 4. The fraction of sp³-hybridized carbons (Fsp3) is 0.353. The van der Waals surface area contributed by atoms with Crippen molar-refractivity contribution in [1.29, 1.82) is 0 Å². The van der Waals surface area contributed by atoms with Gasteiger partial charge in [0.05, 0.1) is 12.4 Å². The number of aromatic nitrogens is 6. The fourth-order valence-corrected chi connectivity index (χ4v) is 3.03. The summed E-state index contributed by atoms with van der Waals surface area (Å²) in [6.07, 6.45) is 3.43. The maximum absolute atomic E-state index is 12.2. The van der Waals surface area contributed by atoms with E-state index in [1.807, 2.05) is 30.7 Å². The van der Waals surface area contributed by atoms with Gasteiger partial charge in [-0.15, -0.1) is 0 Å². The van der Waals surface area contributed by atoms with Gasteiger partial charge >= 0.3 is 0 Å². The molecule has 0 saturated carbocycles. The Balaban J connectivity index is 2.07. The van der Waals surface area contributed by atoms with E-state index in [0.717, 1.165) is 27.4 Å². The number of nitrogens with zero attached hydrogens (tertiary/aromatic N) is 6. The molecule has 3 aromatic heterocycles. The van der Waals surface area contributed by atoms with E-state index in [2.05, 4.69) is 38.8 Å². The Kier molecular flexibility index (Phi) is 4.73. The highest BCUT2D eigenvalue weighted by Gasteiger charge is 2.14. The molecule has 0 aromatic carbocycles. The first-order chi connectivity index (χ1) is 12.3. The number of hydrogen-bond acceptors (Lipinski definition) is 5. The maximum atomic E-state index is 12.2. The lowest BCUT2D eigenvalue weighted by molar-refractivity contribution is 0.519. The molecular weight excluding hydrogens is 350 g/mol. The topological polar surface area (TPSA) is 85.8 Å². The van der Waals surface area contributed by atoms with Crippen LogP contribution in [0.1, 0.15) is 42.5 Å². The van der Waals surface area contributed by atoms with E-state index in [-0.39, 0.29) is 16.4 Å². The summed E-state index contributed by atoms with van der Waals surface area (Å²) in [5.74, 6) is 0.990. The van der Waals surface area contributed by atoms with Gasteiger partial charge in [0.2, 0.25) is 4.77 Å². The summed E-state index contributed by atoms with van der Waals surface area (Å²) in [6.45, 7) is 9.82. The SMILES string of the molecule is Cc1n[nH]c(=S)n(/N=C\c2cc(C)n(-c3ccnn3C(C)C)c2C)c1=O. The van der Waals surface area contributed by atoms with Gasteiger partial charge in [-0.25, -0.2) is 4.68 Å². The third-order valence-electron chi connectivity index (χ3n) is 4.16. The molecule has 0 spiro atoms. The molecule has 26 heavy (non-hydrogen) atoms. The zero-order chi connectivity index (χ0) is 19.0. The summed E-state index contributed by atoms with van der Waals surface area (Å²) >= 11 is 5.10. The second-order valence-electron chi connectivity index (χ2n) is 6.37. The number of H-pyrrole nitrogens is 1. The molecule has 0 aliphatic rings. The molecule has 0 amide bonds. The Hall–Kier alpha value is -2.81. The van der Waals surface area contributed by atoms with Gasteiger partial charge < -0.3 is 4.57 Å². The zero-order valence-corrected chi connectivity index (χ0v) is 16.2. The van der Waals surface area contributed by atoms with Crippen molar-refractivity contribution in [3.05, 3.63) is 56.1 Å². The minimum Gasteiger partial charge on any atom is -0.303 e. The molecule has 136 valence electrons. The largest absolute Gasteiger partial charge is 0.303 e. The van der Waals surface area contributed by atoms with Crippen LogP contribution >= 0.6 is 12.2 Å². The monoisotopic (exact) mass is 371 g/mol. The minimum absolute atomic E-state index is 0.156. The van der Waals surface area contributed by atoms with Gasteiger partial charge in [-0.1, -0.05) is 0 Å². The Bertz CT molecular complexity index is 1100. The average molecular weight is 371 g/mol. The number of aromatic amines is 1. The first kappa shape index (κ1) is 18.0. The van der Waals surface area contributed by atoms with Crippen LogP contribution in [-0.4, -0.2) is 35.4 Å². The Morgan fingerprint density at radius 3 is 2.73 bits per heavy atom. The van der Waals surface area contributed by atoms with Crippen molar-refractivity contribution >= 4 is 18.4 Å². The minimum atomic E-state index is -0.336. The third kappa shape index (κ3) is 3.05. The molecule has 9 heteroatoms. The molecule has 0 radical (unpaired) electrons. The van der Waals surface area contributed by atoms with Crippen LogP contribution in [0.5, 0.6) is 0 Å². The highest BCUT2D eigenvalue weighted by Crippen LogP contribution is 2.21. The van der Waals surface area contributed by atoms with E-state index in [4.69, 9.17) is 12.2 Å². The summed E-state index contributed by atoms with van der Waals surface area (Å²) in [5.41, 5.74) is 2.92. The summed E-state index contributed by atoms with van der Waals surface area (Å²) in [4.78, 5) is 12.2. The molecule has 0 bridgehead atoms. The van der Waals surface area contributed by atoms with E-state index in [9.17, 15) is 4.79 Å². The molecule has 3 heterocycles. The van der Waals surface area contributed by atoms with Crippen LogP contribution < -0.4 is 5.56 Å². The fourth-order valence-electron chi connectivity index (χ4n) is 2.85. The summed E-state index contributed by atoms with van der Waals surface area (Å²) in [6, 6.07) is 4.24. The Labute approximate surface area is 155 Å². The smallest absolute Gasteiger partial charge is 0.296 e. The predicted molar refractivity (Wildman–Crippen MR) is 103 cm³/mol. The second-order valence-corrected chi connectivity index (χ2v) is 6.75. The van der Waals surface area contributed by atoms with Crippen molar-refractivity contribution in [1.82, 2.24) is 29.2 Å². The maximum Gasteiger partial charge on any atom is 0.296 e. The van der Waals surface area contributed by atoms with Gasteiger partial charge in [0.25, 0.3) is 5.56 Å². The van der Waals surface area contributed by atoms with E-state index < -0.39 is 0 Å². The van der Waals surface area contributed by atoms with Gasteiger partial charge in [-0.05, 0) is 52.9 Å². The molecule has 0 saturated heterocycles. The van der Waals surface area contributed by atoms with E-state index in [1.54, 1.807) is 19.3 Å². The third-order valence-corrected chi connectivity index (χ3v) is 4.43. The van der Waals surface area contributed by atoms with E-state index in [1.165, 1.54) is 0 Å². The van der Waals surface area contributed by atoms with Crippen molar-refractivity contribution in [3.63, 3.8) is 0 Å². The van der Waals surface area contributed by atoms with Crippen LogP contribution in [0.3, 0.4) is 0 Å². The summed E-state index contributed by atoms with van der Waals surface area (Å²) in [7, 11) is 0. The van der Waals surface area contributed by atoms with Crippen LogP contribution in [0, 0.1) is 25.5 Å². The Morgan fingerprint density at radius 1 is 1.31 bits per heavy atom. The number of hydrogen-bond donors (Lipinski definition) is 1.